The normalized spacial score (nSPS) is 16.0. The maximum atomic E-state index is 13.2. The maximum Gasteiger partial charge on any atom is 0.259 e. The number of H-pyrrole nitrogens is 1. The van der Waals surface area contributed by atoms with Crippen molar-refractivity contribution in [3.63, 3.8) is 0 Å². The lowest BCUT2D eigenvalue weighted by Gasteiger charge is -2.22. The highest BCUT2D eigenvalue weighted by Crippen LogP contribution is 2.44. The highest BCUT2D eigenvalue weighted by Gasteiger charge is 2.36. The van der Waals surface area contributed by atoms with E-state index in [0.717, 1.165) is 34.9 Å². The van der Waals surface area contributed by atoms with Crippen LogP contribution in [0.15, 0.2) is 48.8 Å². The number of rotatable bonds is 8. The van der Waals surface area contributed by atoms with Gasteiger partial charge in [-0.05, 0) is 31.3 Å². The van der Waals surface area contributed by atoms with Gasteiger partial charge in [-0.25, -0.2) is 0 Å². The van der Waals surface area contributed by atoms with Crippen molar-refractivity contribution in [3.8, 4) is 11.5 Å². The van der Waals surface area contributed by atoms with Gasteiger partial charge in [0.2, 0.25) is 6.79 Å². The van der Waals surface area contributed by atoms with Crippen molar-refractivity contribution in [2.75, 3.05) is 26.4 Å². The Morgan fingerprint density at radius 2 is 1.76 bits per heavy atom. The minimum absolute atomic E-state index is 0.0964. The average Bonchev–Trinajstić information content (AvgIpc) is 3.66. The average molecular weight is 501 g/mol. The predicted molar refractivity (Wildman–Crippen MR) is 140 cm³/mol. The van der Waals surface area contributed by atoms with Crippen LogP contribution in [0.4, 0.5) is 0 Å². The molecule has 2 aliphatic rings. The number of fused-ring (bicyclic) bond motifs is 4. The van der Waals surface area contributed by atoms with Gasteiger partial charge in [-0.15, -0.1) is 0 Å². The van der Waals surface area contributed by atoms with Crippen LogP contribution < -0.4 is 14.8 Å². The van der Waals surface area contributed by atoms with E-state index in [1.807, 2.05) is 47.2 Å². The number of carbonyl (C=O) groups is 2. The van der Waals surface area contributed by atoms with Gasteiger partial charge in [0.15, 0.2) is 11.5 Å². The van der Waals surface area contributed by atoms with Gasteiger partial charge in [-0.1, -0.05) is 32.0 Å². The van der Waals surface area contributed by atoms with E-state index >= 15 is 0 Å². The molecule has 0 bridgehead atoms. The number of ether oxygens (including phenoxy) is 2. The molecule has 190 valence electrons. The molecule has 9 nitrogen and oxygen atoms in total. The first-order valence-electron chi connectivity index (χ1n) is 12.5. The van der Waals surface area contributed by atoms with Crippen LogP contribution in [-0.2, 0) is 16.1 Å². The van der Waals surface area contributed by atoms with Crippen LogP contribution in [0.5, 0.6) is 11.5 Å². The first-order valence-corrected chi connectivity index (χ1v) is 12.5. The van der Waals surface area contributed by atoms with Crippen molar-refractivity contribution in [2.45, 2.75) is 26.5 Å². The number of aliphatic hydroxyl groups is 1. The lowest BCUT2D eigenvalue weighted by atomic mass is 9.95. The molecule has 4 heterocycles. The molecule has 0 radical (unpaired) electrons. The molecule has 9 heteroatoms. The molecule has 37 heavy (non-hydrogen) atoms. The van der Waals surface area contributed by atoms with E-state index in [9.17, 15) is 14.7 Å². The molecule has 6 rings (SSSR count). The van der Waals surface area contributed by atoms with Crippen LogP contribution in [0.25, 0.3) is 33.0 Å². The lowest BCUT2D eigenvalue weighted by molar-refractivity contribution is -0.122. The largest absolute Gasteiger partial charge is 0.454 e. The Morgan fingerprint density at radius 3 is 2.54 bits per heavy atom. The summed E-state index contributed by atoms with van der Waals surface area (Å²) in [6.45, 7) is 6.69. The number of aliphatic hydroxyl groups excluding tert-OH is 1. The first-order chi connectivity index (χ1) is 18.0. The second-order valence-corrected chi connectivity index (χ2v) is 9.31. The topological polar surface area (TPSA) is 109 Å². The molecule has 1 atom stereocenters. The fourth-order valence-corrected chi connectivity index (χ4v) is 5.41. The molecule has 2 aromatic heterocycles. The summed E-state index contributed by atoms with van der Waals surface area (Å²) in [7, 11) is 0. The molecule has 0 spiro atoms. The van der Waals surface area contributed by atoms with Gasteiger partial charge in [0, 0.05) is 52.9 Å². The first kappa shape index (κ1) is 23.3. The van der Waals surface area contributed by atoms with Crippen molar-refractivity contribution >= 4 is 44.8 Å². The van der Waals surface area contributed by atoms with Gasteiger partial charge in [0.1, 0.15) is 0 Å². The van der Waals surface area contributed by atoms with Gasteiger partial charge >= 0.3 is 0 Å². The van der Waals surface area contributed by atoms with E-state index in [0.29, 0.717) is 40.3 Å². The van der Waals surface area contributed by atoms with Crippen molar-refractivity contribution < 1.29 is 24.2 Å². The third-order valence-electron chi connectivity index (χ3n) is 7.21. The summed E-state index contributed by atoms with van der Waals surface area (Å²) in [5.74, 6) is 0.283. The number of aromatic nitrogens is 2. The quantitative estimate of drug-likeness (QED) is 0.321. The SMILES string of the molecule is CCN(CC)CC(O)Cn1cc(C2=C(c3c[nH]c4ccccc34)C(=O)NC2=O)c2ccc3c(c21)OCO3. The molecule has 0 fully saturated rings. The van der Waals surface area contributed by atoms with Crippen molar-refractivity contribution in [2.24, 2.45) is 0 Å². The predicted octanol–water partition coefficient (Wildman–Crippen LogP) is 3.12. The number of nitrogens with zero attached hydrogens (tertiary/aromatic N) is 2. The van der Waals surface area contributed by atoms with Crippen LogP contribution in [0.1, 0.15) is 25.0 Å². The number of hydrogen-bond donors (Lipinski definition) is 3. The van der Waals surface area contributed by atoms with E-state index in [-0.39, 0.29) is 13.3 Å². The van der Waals surface area contributed by atoms with E-state index in [4.69, 9.17) is 9.47 Å². The number of likely N-dealkylation sites (N-methyl/N-ethyl adjacent to an activating group) is 1. The molecule has 1 unspecified atom stereocenters. The van der Waals surface area contributed by atoms with Gasteiger partial charge in [-0.2, -0.15) is 0 Å². The number of imide groups is 1. The number of carbonyl (C=O) groups excluding carboxylic acids is 2. The summed E-state index contributed by atoms with van der Waals surface area (Å²) in [5, 5.41) is 15.0. The third-order valence-corrected chi connectivity index (χ3v) is 7.21. The molecule has 0 aliphatic carbocycles. The van der Waals surface area contributed by atoms with Gasteiger partial charge in [0.25, 0.3) is 11.8 Å². The number of aromatic amines is 1. The van der Waals surface area contributed by atoms with E-state index in [2.05, 4.69) is 29.0 Å². The molecule has 2 aromatic carbocycles. The van der Waals surface area contributed by atoms with Gasteiger partial charge in [-0.3, -0.25) is 14.9 Å². The van der Waals surface area contributed by atoms with E-state index in [1.165, 1.54) is 0 Å². The standard InChI is InChI=1S/C28H28N4O5/c1-3-31(4-2)12-16(33)13-32-14-20(18-9-10-22-26(25(18)32)37-15-36-22)24-23(27(34)30-28(24)35)19-11-29-21-8-6-5-7-17(19)21/h5-11,14,16,29,33H,3-4,12-13,15H2,1-2H3,(H,30,34,35). The zero-order valence-electron chi connectivity index (χ0n) is 20.7. The Bertz CT molecular complexity index is 1580. The van der Waals surface area contributed by atoms with Gasteiger partial charge in [0.05, 0.1) is 22.8 Å². The Morgan fingerprint density at radius 1 is 1.00 bits per heavy atom. The zero-order chi connectivity index (χ0) is 25.7. The second kappa shape index (κ2) is 9.10. The maximum absolute atomic E-state index is 13.2. The lowest BCUT2D eigenvalue weighted by Crippen LogP contribution is -2.34. The van der Waals surface area contributed by atoms with Crippen LogP contribution in [0, 0.1) is 0 Å². The summed E-state index contributed by atoms with van der Waals surface area (Å²) in [4.78, 5) is 31.7. The van der Waals surface area contributed by atoms with Crippen LogP contribution in [0.2, 0.25) is 0 Å². The highest BCUT2D eigenvalue weighted by atomic mass is 16.7. The Balaban J connectivity index is 1.54. The van der Waals surface area contributed by atoms with E-state index < -0.39 is 17.9 Å². The molecule has 2 aliphatic heterocycles. The summed E-state index contributed by atoms with van der Waals surface area (Å²) in [5.41, 5.74) is 3.49. The third kappa shape index (κ3) is 3.78. The zero-order valence-corrected chi connectivity index (χ0v) is 20.7. The number of nitrogens with one attached hydrogen (secondary N) is 2. The van der Waals surface area contributed by atoms with Crippen molar-refractivity contribution in [3.05, 3.63) is 59.9 Å². The molecular weight excluding hydrogens is 472 g/mol. The molecule has 2 amide bonds. The summed E-state index contributed by atoms with van der Waals surface area (Å²) in [6, 6.07) is 11.4. The molecule has 0 saturated heterocycles. The fourth-order valence-electron chi connectivity index (χ4n) is 5.41. The smallest absolute Gasteiger partial charge is 0.259 e. The second-order valence-electron chi connectivity index (χ2n) is 9.31. The van der Waals surface area contributed by atoms with Gasteiger partial charge < -0.3 is 29.0 Å². The molecule has 0 saturated carbocycles. The molecule has 4 aromatic rings. The summed E-state index contributed by atoms with van der Waals surface area (Å²) >= 11 is 0. The van der Waals surface area contributed by atoms with Crippen molar-refractivity contribution in [1.29, 1.82) is 0 Å². The monoisotopic (exact) mass is 500 g/mol. The number of para-hydroxylation sites is 1. The summed E-state index contributed by atoms with van der Waals surface area (Å²) < 4.78 is 13.3. The minimum Gasteiger partial charge on any atom is -0.454 e. The fraction of sp³-hybridized carbons (Fsp3) is 0.286. The van der Waals surface area contributed by atoms with Crippen LogP contribution >= 0.6 is 0 Å². The van der Waals surface area contributed by atoms with Crippen molar-refractivity contribution in [1.82, 2.24) is 19.8 Å². The number of hydrogen-bond acceptors (Lipinski definition) is 6. The molecule has 3 N–H and O–H groups in total. The van der Waals surface area contributed by atoms with E-state index in [1.54, 1.807) is 6.20 Å². The Labute approximate surface area is 213 Å². The highest BCUT2D eigenvalue weighted by molar-refractivity contribution is 6.50. The minimum atomic E-state index is -0.650. The Hall–Kier alpha value is -4.08. The Kier molecular flexibility index (Phi) is 5.73. The molecular formula is C28H28N4O5. The van der Waals surface area contributed by atoms with Crippen LogP contribution in [0.3, 0.4) is 0 Å². The summed E-state index contributed by atoms with van der Waals surface area (Å²) in [6.07, 6.45) is 2.95. The number of benzene rings is 2. The number of amides is 2. The van der Waals surface area contributed by atoms with Crippen LogP contribution in [-0.4, -0.2) is 63.9 Å².